The highest BCUT2D eigenvalue weighted by Crippen LogP contribution is 2.23. The van der Waals surface area contributed by atoms with Gasteiger partial charge in [-0.15, -0.1) is 0 Å². The molecule has 0 spiro atoms. The molecule has 1 aromatic rings. The third-order valence-corrected chi connectivity index (χ3v) is 2.35. The van der Waals surface area contributed by atoms with Crippen LogP contribution in [0, 0.1) is 0 Å². The third kappa shape index (κ3) is 2.73. The van der Waals surface area contributed by atoms with Crippen molar-refractivity contribution in [2.75, 3.05) is 28.3 Å². The number of benzene rings is 1. The predicted octanol–water partition coefficient (Wildman–Crippen LogP) is 1.47. The number of esters is 1. The van der Waals surface area contributed by atoms with Gasteiger partial charge in [0.25, 0.3) is 0 Å². The van der Waals surface area contributed by atoms with Gasteiger partial charge in [-0.25, -0.2) is 4.79 Å². The van der Waals surface area contributed by atoms with E-state index < -0.39 is 6.04 Å². The summed E-state index contributed by atoms with van der Waals surface area (Å²) in [6.07, 6.45) is 0. The van der Waals surface area contributed by atoms with Crippen molar-refractivity contribution in [3.8, 4) is 5.75 Å². The summed E-state index contributed by atoms with van der Waals surface area (Å²) in [4.78, 5) is 13.5. The normalized spacial score (nSPS) is 12.3. The van der Waals surface area contributed by atoms with Gasteiger partial charge in [0.2, 0.25) is 0 Å². The van der Waals surface area contributed by atoms with E-state index in [9.17, 15) is 4.79 Å². The molecule has 0 bridgehead atoms. The Kier molecular flexibility index (Phi) is 4.31. The third-order valence-electron chi connectivity index (χ3n) is 2.35. The van der Waals surface area contributed by atoms with Gasteiger partial charge in [0.15, 0.2) is 0 Å². The molecule has 0 amide bonds. The number of nitrogens with zero attached hydrogens (tertiary/aromatic N) is 1. The zero-order valence-electron chi connectivity index (χ0n) is 10.1. The highest BCUT2D eigenvalue weighted by Gasteiger charge is 2.23. The van der Waals surface area contributed by atoms with E-state index in [1.165, 1.54) is 7.11 Å². The average Bonchev–Trinajstić information content (AvgIpc) is 2.29. The highest BCUT2D eigenvalue weighted by atomic mass is 16.5. The standard InChI is InChI=1S/C12H17NO3/c1-13(2)11(12(14)16-4)9-6-5-7-10(8-9)15-3/h5-8,11H,1-4H3. The Hall–Kier alpha value is -1.55. The summed E-state index contributed by atoms with van der Waals surface area (Å²) in [5.41, 5.74) is 0.858. The Balaban J connectivity index is 3.05. The van der Waals surface area contributed by atoms with Gasteiger partial charge >= 0.3 is 5.97 Å². The fourth-order valence-corrected chi connectivity index (χ4v) is 1.57. The van der Waals surface area contributed by atoms with Crippen molar-refractivity contribution in [2.24, 2.45) is 0 Å². The molecule has 0 fully saturated rings. The first-order valence-corrected chi connectivity index (χ1v) is 4.98. The van der Waals surface area contributed by atoms with Crippen LogP contribution >= 0.6 is 0 Å². The number of hydrogen-bond acceptors (Lipinski definition) is 4. The summed E-state index contributed by atoms with van der Waals surface area (Å²) in [5, 5.41) is 0. The lowest BCUT2D eigenvalue weighted by Gasteiger charge is -2.22. The van der Waals surface area contributed by atoms with E-state index in [2.05, 4.69) is 0 Å². The van der Waals surface area contributed by atoms with Crippen molar-refractivity contribution in [3.63, 3.8) is 0 Å². The molecule has 0 saturated carbocycles. The number of rotatable bonds is 4. The first-order valence-electron chi connectivity index (χ1n) is 4.98. The maximum Gasteiger partial charge on any atom is 0.327 e. The van der Waals surface area contributed by atoms with E-state index in [1.807, 2.05) is 38.4 Å². The minimum atomic E-state index is -0.403. The first-order chi connectivity index (χ1) is 7.60. The minimum absolute atomic E-state index is 0.279. The van der Waals surface area contributed by atoms with E-state index in [0.29, 0.717) is 0 Å². The molecule has 88 valence electrons. The van der Waals surface area contributed by atoms with Crippen LogP contribution in [-0.4, -0.2) is 39.2 Å². The van der Waals surface area contributed by atoms with E-state index in [1.54, 1.807) is 12.0 Å². The lowest BCUT2D eigenvalue weighted by atomic mass is 10.1. The van der Waals surface area contributed by atoms with Gasteiger partial charge in [-0.1, -0.05) is 12.1 Å². The topological polar surface area (TPSA) is 38.8 Å². The monoisotopic (exact) mass is 223 g/mol. The zero-order chi connectivity index (χ0) is 12.1. The second-order valence-corrected chi connectivity index (χ2v) is 3.67. The van der Waals surface area contributed by atoms with Crippen molar-refractivity contribution in [3.05, 3.63) is 29.8 Å². The summed E-state index contributed by atoms with van der Waals surface area (Å²) in [6.45, 7) is 0. The fourth-order valence-electron chi connectivity index (χ4n) is 1.57. The first kappa shape index (κ1) is 12.5. The van der Waals surface area contributed by atoms with Crippen molar-refractivity contribution in [1.82, 2.24) is 4.90 Å². The largest absolute Gasteiger partial charge is 0.497 e. The van der Waals surface area contributed by atoms with Crippen LogP contribution in [0.2, 0.25) is 0 Å². The summed E-state index contributed by atoms with van der Waals surface area (Å²) in [6, 6.07) is 7.01. The molecular formula is C12H17NO3. The van der Waals surface area contributed by atoms with Crippen LogP contribution in [0.25, 0.3) is 0 Å². The van der Waals surface area contributed by atoms with Crippen molar-refractivity contribution in [2.45, 2.75) is 6.04 Å². The smallest absolute Gasteiger partial charge is 0.327 e. The van der Waals surface area contributed by atoms with Gasteiger partial charge in [0, 0.05) is 0 Å². The quantitative estimate of drug-likeness (QED) is 0.725. The van der Waals surface area contributed by atoms with Crippen LogP contribution in [0.5, 0.6) is 5.75 Å². The van der Waals surface area contributed by atoms with Gasteiger partial charge in [0.05, 0.1) is 14.2 Å². The SMILES string of the molecule is COC(=O)C(c1cccc(OC)c1)N(C)C. The number of carbonyl (C=O) groups excluding carboxylic acids is 1. The van der Waals surface area contributed by atoms with Crippen molar-refractivity contribution in [1.29, 1.82) is 0 Å². The van der Waals surface area contributed by atoms with Crippen molar-refractivity contribution < 1.29 is 14.3 Å². The van der Waals surface area contributed by atoms with Crippen LogP contribution in [0.1, 0.15) is 11.6 Å². The summed E-state index contributed by atoms with van der Waals surface area (Å²) < 4.78 is 9.91. The average molecular weight is 223 g/mol. The van der Waals surface area contributed by atoms with Crippen LogP contribution in [0.4, 0.5) is 0 Å². The molecule has 1 rings (SSSR count). The predicted molar refractivity (Wildman–Crippen MR) is 61.4 cm³/mol. The molecule has 4 nitrogen and oxygen atoms in total. The summed E-state index contributed by atoms with van der Waals surface area (Å²) >= 11 is 0. The number of carbonyl (C=O) groups is 1. The van der Waals surface area contributed by atoms with Gasteiger partial charge < -0.3 is 9.47 Å². The molecule has 4 heteroatoms. The number of hydrogen-bond donors (Lipinski definition) is 0. The molecule has 1 atom stereocenters. The Bertz CT molecular complexity index is 363. The molecule has 0 aliphatic carbocycles. The highest BCUT2D eigenvalue weighted by molar-refractivity contribution is 5.77. The lowest BCUT2D eigenvalue weighted by molar-refractivity contribution is -0.146. The molecule has 0 radical (unpaired) electrons. The molecule has 0 aliphatic rings. The summed E-state index contributed by atoms with van der Waals surface area (Å²) in [5.74, 6) is 0.450. The summed E-state index contributed by atoms with van der Waals surface area (Å²) in [7, 11) is 6.66. The van der Waals surface area contributed by atoms with E-state index in [0.717, 1.165) is 11.3 Å². The molecule has 0 heterocycles. The molecule has 1 unspecified atom stereocenters. The Morgan fingerprint density at radius 1 is 1.31 bits per heavy atom. The van der Waals surface area contributed by atoms with Crippen LogP contribution < -0.4 is 4.74 Å². The maximum atomic E-state index is 11.6. The van der Waals surface area contributed by atoms with E-state index >= 15 is 0 Å². The van der Waals surface area contributed by atoms with Crippen LogP contribution in [0.15, 0.2) is 24.3 Å². The lowest BCUT2D eigenvalue weighted by Crippen LogP contribution is -2.28. The van der Waals surface area contributed by atoms with Gasteiger partial charge in [-0.3, -0.25) is 4.90 Å². The van der Waals surface area contributed by atoms with Crippen molar-refractivity contribution >= 4 is 5.97 Å². The molecule has 16 heavy (non-hydrogen) atoms. The maximum absolute atomic E-state index is 11.6. The molecular weight excluding hydrogens is 206 g/mol. The zero-order valence-corrected chi connectivity index (χ0v) is 10.1. The van der Waals surface area contributed by atoms with Crippen LogP contribution in [-0.2, 0) is 9.53 Å². The van der Waals surface area contributed by atoms with E-state index in [4.69, 9.17) is 9.47 Å². The van der Waals surface area contributed by atoms with E-state index in [-0.39, 0.29) is 5.97 Å². The van der Waals surface area contributed by atoms with Gasteiger partial charge in [0.1, 0.15) is 11.8 Å². The number of ether oxygens (including phenoxy) is 2. The Labute approximate surface area is 95.8 Å². The molecule has 0 aliphatic heterocycles. The Morgan fingerprint density at radius 2 is 2.00 bits per heavy atom. The van der Waals surface area contributed by atoms with Gasteiger partial charge in [-0.2, -0.15) is 0 Å². The molecule has 0 N–H and O–H groups in total. The van der Waals surface area contributed by atoms with Gasteiger partial charge in [-0.05, 0) is 31.8 Å². The molecule has 0 aromatic heterocycles. The second kappa shape index (κ2) is 5.51. The number of methoxy groups -OCH3 is 2. The molecule has 1 aromatic carbocycles. The molecule has 0 saturated heterocycles. The second-order valence-electron chi connectivity index (χ2n) is 3.67. The number of likely N-dealkylation sites (N-methyl/N-ethyl adjacent to an activating group) is 1. The minimum Gasteiger partial charge on any atom is -0.497 e. The van der Waals surface area contributed by atoms with Crippen LogP contribution in [0.3, 0.4) is 0 Å². The fraction of sp³-hybridized carbons (Fsp3) is 0.417. The Morgan fingerprint density at radius 3 is 2.50 bits per heavy atom.